The number of aromatic nitrogens is 1. The number of Topliss-reactive ketones (excluding diaryl/α,β-unsaturated/α-hetero) is 1. The topological polar surface area (TPSA) is 144 Å². The summed E-state index contributed by atoms with van der Waals surface area (Å²) in [4.78, 5) is 44.2. The van der Waals surface area contributed by atoms with E-state index in [9.17, 15) is 22.8 Å². The average Bonchev–Trinajstić information content (AvgIpc) is 3.52. The molecule has 3 aliphatic heterocycles. The van der Waals surface area contributed by atoms with Crippen LogP contribution in [0.1, 0.15) is 25.8 Å². The summed E-state index contributed by atoms with van der Waals surface area (Å²) in [6, 6.07) is 16.6. The maximum absolute atomic E-state index is 13.2. The van der Waals surface area contributed by atoms with Crippen molar-refractivity contribution < 1.29 is 37.0 Å². The first-order chi connectivity index (χ1) is 22.4. The van der Waals surface area contributed by atoms with Crippen molar-refractivity contribution in [2.75, 3.05) is 18.4 Å². The van der Waals surface area contributed by atoms with Crippen LogP contribution in [0, 0.1) is 5.92 Å². The summed E-state index contributed by atoms with van der Waals surface area (Å²) >= 11 is 4.91. The number of hydrogen-bond acceptors (Lipinski definition) is 9. The van der Waals surface area contributed by atoms with E-state index in [0.29, 0.717) is 22.7 Å². The second-order valence-corrected chi connectivity index (χ2v) is 16.5. The number of nitrogens with zero attached hydrogens (tertiary/aromatic N) is 1. The van der Waals surface area contributed by atoms with Crippen LogP contribution in [0.3, 0.4) is 0 Å². The summed E-state index contributed by atoms with van der Waals surface area (Å²) in [6.07, 6.45) is -0.0600. The molecule has 7 rings (SSSR count). The van der Waals surface area contributed by atoms with Crippen LogP contribution in [0.5, 0.6) is 11.5 Å². The Morgan fingerprint density at radius 3 is 2.53 bits per heavy atom. The van der Waals surface area contributed by atoms with E-state index < -0.39 is 32.7 Å². The summed E-state index contributed by atoms with van der Waals surface area (Å²) in [6.45, 7) is 3.51. The monoisotopic (exact) mass is 739 g/mol. The minimum atomic E-state index is -3.91. The molecule has 4 aromatic rings. The van der Waals surface area contributed by atoms with E-state index in [1.165, 1.54) is 22.7 Å². The number of carbonyl (C=O) groups is 3. The molecule has 11 nitrogen and oxygen atoms in total. The number of benzene rings is 3. The first-order valence-electron chi connectivity index (χ1n) is 14.8. The molecule has 3 aromatic carbocycles. The molecule has 3 aliphatic rings. The van der Waals surface area contributed by atoms with Crippen molar-refractivity contribution in [2.24, 2.45) is 5.92 Å². The smallest absolute Gasteiger partial charge is 0.330 e. The minimum Gasteiger partial charge on any atom is -0.497 e. The van der Waals surface area contributed by atoms with Crippen molar-refractivity contribution >= 4 is 72.0 Å². The van der Waals surface area contributed by atoms with Crippen molar-refractivity contribution in [2.45, 2.75) is 47.9 Å². The summed E-state index contributed by atoms with van der Waals surface area (Å²) in [5.41, 5.74) is 3.17. The number of hydrogen-bond donors (Lipinski definition) is 2. The number of fused-ring (bicyclic) bond motifs is 6. The Kier molecular flexibility index (Phi) is 7.79. The van der Waals surface area contributed by atoms with Gasteiger partial charge in [0.2, 0.25) is 5.91 Å². The van der Waals surface area contributed by atoms with Crippen LogP contribution in [0.2, 0.25) is 0 Å². The number of amides is 1. The summed E-state index contributed by atoms with van der Waals surface area (Å²) in [5, 5.41) is 0.394. The maximum atomic E-state index is 13.2. The molecule has 2 N–H and O–H groups in total. The van der Waals surface area contributed by atoms with Gasteiger partial charge in [0.15, 0.2) is 5.78 Å². The number of ketones is 1. The second-order valence-electron chi connectivity index (χ2n) is 12.2. The number of methoxy groups -OCH3 is 1. The molecule has 3 atom stereocenters. The highest BCUT2D eigenvalue weighted by Crippen LogP contribution is 2.54. The van der Waals surface area contributed by atoms with Gasteiger partial charge in [-0.15, -0.1) is 11.8 Å². The molecule has 0 radical (unpaired) electrons. The van der Waals surface area contributed by atoms with Crippen LogP contribution in [-0.2, 0) is 35.8 Å². The van der Waals surface area contributed by atoms with Crippen molar-refractivity contribution in [3.8, 4) is 22.8 Å². The van der Waals surface area contributed by atoms with Gasteiger partial charge in [0.1, 0.15) is 35.7 Å². The van der Waals surface area contributed by atoms with Gasteiger partial charge in [0, 0.05) is 38.2 Å². The molecule has 14 heteroatoms. The molecular formula is C33H30BrN3O8S2. The fourth-order valence-corrected chi connectivity index (χ4v) is 9.73. The molecule has 0 aliphatic carbocycles. The zero-order chi connectivity index (χ0) is 33.2. The standard InChI is InChI=1S/C33H30BrN3O8S2/c1-33(2)29(32(40)45-15-17-4-7-20(43-3)8-5-17)37-30(39)24(31(37)46-33)13-19(38)16-44-21-9-10-22-26(14-21)47(41,42)36-28-23-12-18(34)6-11-25(23)35-27(22)28/h4-12,14,24,29,31,35-36H,13,15-16H2,1-3H3. The van der Waals surface area contributed by atoms with Gasteiger partial charge in [0.25, 0.3) is 10.0 Å². The van der Waals surface area contributed by atoms with Crippen molar-refractivity contribution in [1.82, 2.24) is 9.88 Å². The Morgan fingerprint density at radius 2 is 1.79 bits per heavy atom. The zero-order valence-corrected chi connectivity index (χ0v) is 28.8. The van der Waals surface area contributed by atoms with Gasteiger partial charge in [-0.3, -0.25) is 14.3 Å². The van der Waals surface area contributed by atoms with Crippen molar-refractivity contribution in [1.29, 1.82) is 0 Å². The number of thioether (sulfide) groups is 1. The lowest BCUT2D eigenvalue weighted by Crippen LogP contribution is -2.63. The Labute approximate surface area is 283 Å². The summed E-state index contributed by atoms with van der Waals surface area (Å²) in [5.74, 6) is -0.772. The Bertz CT molecular complexity index is 2060. The number of anilines is 1. The second kappa shape index (κ2) is 11.6. The number of rotatable bonds is 9. The van der Waals surface area contributed by atoms with Crippen LogP contribution in [0.4, 0.5) is 5.69 Å². The lowest BCUT2D eigenvalue weighted by molar-refractivity contribution is -0.168. The molecule has 0 spiro atoms. The van der Waals surface area contributed by atoms with E-state index in [4.69, 9.17) is 14.2 Å². The number of aromatic amines is 1. The van der Waals surface area contributed by atoms with Gasteiger partial charge in [-0.2, -0.15) is 0 Å². The normalized spacial score (nSPS) is 21.6. The zero-order valence-electron chi connectivity index (χ0n) is 25.5. The number of carbonyl (C=O) groups excluding carboxylic acids is 3. The van der Waals surface area contributed by atoms with Gasteiger partial charge >= 0.3 is 5.97 Å². The first-order valence-corrected chi connectivity index (χ1v) is 17.9. The van der Waals surface area contributed by atoms with Crippen LogP contribution in [0.25, 0.3) is 22.2 Å². The quantitative estimate of drug-likeness (QED) is 0.169. The van der Waals surface area contributed by atoms with E-state index in [0.717, 1.165) is 20.9 Å². The molecule has 47 heavy (non-hydrogen) atoms. The number of halogens is 1. The lowest BCUT2D eigenvalue weighted by atomic mass is 9.88. The molecule has 2 saturated heterocycles. The number of nitrogens with one attached hydrogen (secondary N) is 2. The predicted molar refractivity (Wildman–Crippen MR) is 180 cm³/mol. The lowest BCUT2D eigenvalue weighted by Gasteiger charge is -2.43. The number of sulfonamides is 1. The van der Waals surface area contributed by atoms with E-state index in [1.54, 1.807) is 43.5 Å². The number of esters is 1. The van der Waals surface area contributed by atoms with Crippen LogP contribution in [0.15, 0.2) is 70.0 Å². The maximum Gasteiger partial charge on any atom is 0.330 e. The predicted octanol–water partition coefficient (Wildman–Crippen LogP) is 5.48. The third-order valence-electron chi connectivity index (χ3n) is 8.67. The number of H-pyrrole nitrogens is 1. The molecule has 2 fully saturated rings. The number of ether oxygens (including phenoxy) is 3. The summed E-state index contributed by atoms with van der Waals surface area (Å²) < 4.78 is 45.8. The molecule has 4 heterocycles. The summed E-state index contributed by atoms with van der Waals surface area (Å²) in [7, 11) is -2.34. The van der Waals surface area contributed by atoms with Gasteiger partial charge in [-0.25, -0.2) is 13.2 Å². The third kappa shape index (κ3) is 5.55. The Balaban J connectivity index is 0.988. The van der Waals surface area contributed by atoms with Crippen molar-refractivity contribution in [3.63, 3.8) is 0 Å². The van der Waals surface area contributed by atoms with E-state index in [2.05, 4.69) is 25.6 Å². The molecule has 244 valence electrons. The SMILES string of the molecule is COc1ccc(COC(=O)C2N3C(=O)C(CC(=O)COc4ccc5c(c4)S(=O)(=O)Nc4c-5[nH]c5ccc(Br)cc45)C3SC2(C)C)cc1. The fourth-order valence-electron chi connectivity index (χ4n) is 6.37. The third-order valence-corrected chi connectivity index (χ3v) is 12.2. The highest BCUT2D eigenvalue weighted by Gasteiger charge is 2.64. The molecule has 0 saturated carbocycles. The Hall–Kier alpha value is -4.01. The average molecular weight is 741 g/mol. The fraction of sp³-hybridized carbons (Fsp3) is 0.303. The van der Waals surface area contributed by atoms with Gasteiger partial charge in [-0.05, 0) is 61.9 Å². The van der Waals surface area contributed by atoms with E-state index in [1.807, 2.05) is 32.0 Å². The van der Waals surface area contributed by atoms with E-state index in [-0.39, 0.29) is 47.3 Å². The largest absolute Gasteiger partial charge is 0.497 e. The van der Waals surface area contributed by atoms with Crippen LogP contribution in [-0.4, -0.2) is 65.8 Å². The van der Waals surface area contributed by atoms with Crippen LogP contribution < -0.4 is 14.2 Å². The Morgan fingerprint density at radius 1 is 1.04 bits per heavy atom. The van der Waals surface area contributed by atoms with Crippen LogP contribution >= 0.6 is 27.7 Å². The molecular weight excluding hydrogens is 710 g/mol. The minimum absolute atomic E-state index is 0.0277. The van der Waals surface area contributed by atoms with Crippen molar-refractivity contribution in [3.05, 3.63) is 70.7 Å². The molecule has 0 bridgehead atoms. The highest BCUT2D eigenvalue weighted by atomic mass is 79.9. The molecule has 1 aromatic heterocycles. The molecule has 3 unspecified atom stereocenters. The van der Waals surface area contributed by atoms with E-state index >= 15 is 0 Å². The first kappa shape index (κ1) is 31.6. The molecule has 1 amide bonds. The highest BCUT2D eigenvalue weighted by molar-refractivity contribution is 9.10. The number of β-lactam (4-membered cyclic amide) rings is 1. The van der Waals surface area contributed by atoms with Gasteiger partial charge in [0.05, 0.1) is 29.8 Å². The van der Waals surface area contributed by atoms with Gasteiger partial charge < -0.3 is 24.1 Å². The van der Waals surface area contributed by atoms with Gasteiger partial charge in [-0.1, -0.05) is 28.1 Å².